The van der Waals surface area contributed by atoms with Crippen LogP contribution in [0.5, 0.6) is 0 Å². The molecule has 2 heterocycles. The average Bonchev–Trinajstić information content (AvgIpc) is 2.74. The molecule has 0 N–H and O–H groups in total. The second-order valence-electron chi connectivity index (χ2n) is 4.98. The van der Waals surface area contributed by atoms with E-state index in [1.807, 2.05) is 29.8 Å². The maximum atomic E-state index is 4.73. The van der Waals surface area contributed by atoms with Crippen LogP contribution in [0.2, 0.25) is 0 Å². The summed E-state index contributed by atoms with van der Waals surface area (Å²) in [4.78, 5) is 4.73. The summed E-state index contributed by atoms with van der Waals surface area (Å²) in [6.07, 6.45) is 0. The van der Waals surface area contributed by atoms with Gasteiger partial charge in [-0.3, -0.25) is 0 Å². The maximum absolute atomic E-state index is 4.73. The molecule has 0 fully saturated rings. The van der Waals surface area contributed by atoms with Gasteiger partial charge in [-0.15, -0.1) is 0 Å². The highest BCUT2D eigenvalue weighted by Crippen LogP contribution is 2.26. The molecular formula is C16H17N3. The largest absolute Gasteiger partial charge is 0.233 e. The summed E-state index contributed by atoms with van der Waals surface area (Å²) in [5.41, 5.74) is 6.64. The van der Waals surface area contributed by atoms with Gasteiger partial charge in [0.25, 0.3) is 0 Å². The van der Waals surface area contributed by atoms with Crippen LogP contribution in [0, 0.1) is 27.7 Å². The van der Waals surface area contributed by atoms with Crippen molar-refractivity contribution in [3.05, 3.63) is 52.8 Å². The molecule has 96 valence electrons. The Hall–Kier alpha value is -2.16. The van der Waals surface area contributed by atoms with Crippen LogP contribution in [-0.4, -0.2) is 14.8 Å². The summed E-state index contributed by atoms with van der Waals surface area (Å²) in [5.74, 6) is 0. The van der Waals surface area contributed by atoms with Crippen LogP contribution in [0.15, 0.2) is 30.3 Å². The van der Waals surface area contributed by atoms with Gasteiger partial charge in [-0.1, -0.05) is 18.2 Å². The van der Waals surface area contributed by atoms with Gasteiger partial charge in [0.05, 0.1) is 11.4 Å². The molecule has 3 heteroatoms. The number of aryl methyl sites for hydroxylation is 3. The second-order valence-corrected chi connectivity index (χ2v) is 4.98. The van der Waals surface area contributed by atoms with Crippen LogP contribution in [0.4, 0.5) is 0 Å². The number of hydrogen-bond donors (Lipinski definition) is 0. The molecule has 0 saturated carbocycles. The highest BCUT2D eigenvalue weighted by molar-refractivity contribution is 5.84. The second kappa shape index (κ2) is 4.19. The molecule has 19 heavy (non-hydrogen) atoms. The van der Waals surface area contributed by atoms with Crippen molar-refractivity contribution in [3.63, 3.8) is 0 Å². The minimum Gasteiger partial charge on any atom is -0.233 e. The van der Waals surface area contributed by atoms with Crippen molar-refractivity contribution in [2.75, 3.05) is 0 Å². The van der Waals surface area contributed by atoms with E-state index in [0.717, 1.165) is 22.7 Å². The van der Waals surface area contributed by atoms with Crippen molar-refractivity contribution >= 4 is 11.0 Å². The van der Waals surface area contributed by atoms with Gasteiger partial charge in [0.2, 0.25) is 0 Å². The summed E-state index contributed by atoms with van der Waals surface area (Å²) >= 11 is 0. The molecule has 3 rings (SSSR count). The van der Waals surface area contributed by atoms with Gasteiger partial charge in [-0.2, -0.15) is 5.10 Å². The number of hydrogen-bond acceptors (Lipinski definition) is 2. The van der Waals surface area contributed by atoms with Gasteiger partial charge in [0, 0.05) is 11.1 Å². The van der Waals surface area contributed by atoms with E-state index in [2.05, 4.69) is 38.0 Å². The lowest BCUT2D eigenvalue weighted by Crippen LogP contribution is -1.99. The zero-order valence-electron chi connectivity index (χ0n) is 11.7. The number of nitrogens with zero attached hydrogens (tertiary/aromatic N) is 3. The molecule has 0 unspecified atom stereocenters. The van der Waals surface area contributed by atoms with Gasteiger partial charge in [0.1, 0.15) is 0 Å². The van der Waals surface area contributed by atoms with E-state index in [1.54, 1.807) is 0 Å². The van der Waals surface area contributed by atoms with Crippen LogP contribution < -0.4 is 0 Å². The standard InChI is InChI=1S/C16H17N3/c1-10-11(2)15-13(4)18-19(16(15)17-12(10)3)14-8-6-5-7-9-14/h5-9H,1-4H3. The third-order valence-electron chi connectivity index (χ3n) is 3.79. The Kier molecular flexibility index (Phi) is 2.63. The monoisotopic (exact) mass is 251 g/mol. The number of rotatable bonds is 1. The van der Waals surface area contributed by atoms with E-state index in [0.29, 0.717) is 0 Å². The Morgan fingerprint density at radius 1 is 0.842 bits per heavy atom. The molecule has 0 saturated heterocycles. The molecule has 3 nitrogen and oxygen atoms in total. The lowest BCUT2D eigenvalue weighted by atomic mass is 10.1. The third-order valence-corrected chi connectivity index (χ3v) is 3.79. The summed E-state index contributed by atoms with van der Waals surface area (Å²) in [7, 11) is 0. The fourth-order valence-corrected chi connectivity index (χ4v) is 2.51. The molecule has 0 amide bonds. The minimum absolute atomic E-state index is 0.948. The summed E-state index contributed by atoms with van der Waals surface area (Å²) in [5, 5.41) is 5.83. The maximum Gasteiger partial charge on any atom is 0.163 e. The number of pyridine rings is 1. The zero-order valence-corrected chi connectivity index (χ0v) is 11.7. The predicted octanol–water partition coefficient (Wildman–Crippen LogP) is 3.65. The zero-order chi connectivity index (χ0) is 13.6. The molecule has 2 aromatic heterocycles. The number of para-hydroxylation sites is 1. The van der Waals surface area contributed by atoms with Crippen molar-refractivity contribution in [3.8, 4) is 5.69 Å². The van der Waals surface area contributed by atoms with Gasteiger partial charge in [-0.25, -0.2) is 9.67 Å². The first-order valence-electron chi connectivity index (χ1n) is 6.48. The Morgan fingerprint density at radius 3 is 2.21 bits per heavy atom. The van der Waals surface area contributed by atoms with Gasteiger partial charge in [0.15, 0.2) is 5.65 Å². The SMILES string of the molecule is Cc1nc2c(c(C)nn2-c2ccccc2)c(C)c1C. The fourth-order valence-electron chi connectivity index (χ4n) is 2.51. The van der Waals surface area contributed by atoms with Crippen LogP contribution in [-0.2, 0) is 0 Å². The Labute approximate surface area is 112 Å². The molecule has 0 aliphatic rings. The van der Waals surface area contributed by atoms with Gasteiger partial charge in [-0.05, 0) is 51.0 Å². The Balaban J connectivity index is 2.41. The number of benzene rings is 1. The van der Waals surface area contributed by atoms with Crippen LogP contribution in [0.3, 0.4) is 0 Å². The van der Waals surface area contributed by atoms with Crippen molar-refractivity contribution in [2.24, 2.45) is 0 Å². The van der Waals surface area contributed by atoms with E-state index in [-0.39, 0.29) is 0 Å². The molecule has 3 aromatic rings. The summed E-state index contributed by atoms with van der Waals surface area (Å²) in [6.45, 7) is 8.37. The molecule has 0 spiro atoms. The lowest BCUT2D eigenvalue weighted by molar-refractivity contribution is 0.875. The van der Waals surface area contributed by atoms with E-state index < -0.39 is 0 Å². The lowest BCUT2D eigenvalue weighted by Gasteiger charge is -2.07. The van der Waals surface area contributed by atoms with Crippen LogP contribution in [0.25, 0.3) is 16.7 Å². The molecule has 0 aliphatic heterocycles. The van der Waals surface area contributed by atoms with Gasteiger partial charge < -0.3 is 0 Å². The highest BCUT2D eigenvalue weighted by atomic mass is 15.3. The van der Waals surface area contributed by atoms with E-state index in [9.17, 15) is 0 Å². The molecule has 0 bridgehead atoms. The normalized spacial score (nSPS) is 11.2. The van der Waals surface area contributed by atoms with E-state index in [1.165, 1.54) is 16.5 Å². The third kappa shape index (κ3) is 1.73. The highest BCUT2D eigenvalue weighted by Gasteiger charge is 2.15. The molecule has 0 atom stereocenters. The molecule has 0 aliphatic carbocycles. The first-order chi connectivity index (χ1) is 9.09. The predicted molar refractivity (Wildman–Crippen MR) is 77.8 cm³/mol. The average molecular weight is 251 g/mol. The quantitative estimate of drug-likeness (QED) is 0.661. The first kappa shape index (κ1) is 11.9. The molecular weight excluding hydrogens is 234 g/mol. The minimum atomic E-state index is 0.948. The van der Waals surface area contributed by atoms with Crippen molar-refractivity contribution in [2.45, 2.75) is 27.7 Å². The Bertz CT molecular complexity index is 755. The van der Waals surface area contributed by atoms with E-state index in [4.69, 9.17) is 4.98 Å². The molecule has 0 radical (unpaired) electrons. The Morgan fingerprint density at radius 2 is 1.53 bits per heavy atom. The smallest absolute Gasteiger partial charge is 0.163 e. The molecule has 1 aromatic carbocycles. The summed E-state index contributed by atoms with van der Waals surface area (Å²) in [6, 6.07) is 10.2. The number of aromatic nitrogens is 3. The van der Waals surface area contributed by atoms with Crippen molar-refractivity contribution < 1.29 is 0 Å². The van der Waals surface area contributed by atoms with Crippen molar-refractivity contribution in [1.29, 1.82) is 0 Å². The van der Waals surface area contributed by atoms with Crippen LogP contribution in [0.1, 0.15) is 22.5 Å². The van der Waals surface area contributed by atoms with E-state index >= 15 is 0 Å². The topological polar surface area (TPSA) is 30.7 Å². The van der Waals surface area contributed by atoms with Crippen LogP contribution >= 0.6 is 0 Å². The summed E-state index contributed by atoms with van der Waals surface area (Å²) < 4.78 is 1.93. The fraction of sp³-hybridized carbons (Fsp3) is 0.250. The van der Waals surface area contributed by atoms with Gasteiger partial charge >= 0.3 is 0 Å². The van der Waals surface area contributed by atoms with Crippen molar-refractivity contribution in [1.82, 2.24) is 14.8 Å². The number of fused-ring (bicyclic) bond motifs is 1. The first-order valence-corrected chi connectivity index (χ1v) is 6.48.